The third kappa shape index (κ3) is 2.70. The van der Waals surface area contributed by atoms with Crippen molar-refractivity contribution in [2.45, 2.75) is 20.0 Å². The van der Waals surface area contributed by atoms with Gasteiger partial charge < -0.3 is 4.90 Å². The largest absolute Gasteiger partial charge is 0.321 e. The molecule has 1 aliphatic rings. The molecule has 3 nitrogen and oxygen atoms in total. The summed E-state index contributed by atoms with van der Waals surface area (Å²) in [6, 6.07) is 6.42. The van der Waals surface area contributed by atoms with Gasteiger partial charge in [-0.1, -0.05) is 23.8 Å². The number of carbonyl (C=O) groups is 1. The van der Waals surface area contributed by atoms with Gasteiger partial charge in [0.1, 0.15) is 6.17 Å². The number of carbonyl (C=O) groups excluding carboxylic acids is 1. The van der Waals surface area contributed by atoms with Gasteiger partial charge in [0.2, 0.25) is 5.91 Å². The highest BCUT2D eigenvalue weighted by Gasteiger charge is 2.31. The Hall–Kier alpha value is -1.00. The second-order valence-electron chi connectivity index (χ2n) is 4.72. The second kappa shape index (κ2) is 5.76. The first-order valence-corrected chi connectivity index (χ1v) is 7.62. The summed E-state index contributed by atoms with van der Waals surface area (Å²) in [4.78, 5) is 13.8. The van der Waals surface area contributed by atoms with Crippen LogP contribution in [0.15, 0.2) is 18.2 Å². The molecule has 0 aromatic heterocycles. The van der Waals surface area contributed by atoms with Crippen molar-refractivity contribution in [3.63, 3.8) is 0 Å². The molecule has 1 unspecified atom stereocenters. The Morgan fingerprint density at radius 1 is 1.44 bits per heavy atom. The topological polar surface area (TPSA) is 32.3 Å². The molecular weight excluding hydrogens is 244 g/mol. The molecular formula is C14H20N2OS. The summed E-state index contributed by atoms with van der Waals surface area (Å²) in [5.41, 5.74) is 3.72. The van der Waals surface area contributed by atoms with Crippen molar-refractivity contribution in [2.75, 3.05) is 25.1 Å². The zero-order chi connectivity index (χ0) is 13.1. The molecule has 1 N–H and O–H groups in total. The van der Waals surface area contributed by atoms with Crippen LogP contribution >= 0.6 is 11.8 Å². The maximum Gasteiger partial charge on any atom is 0.238 e. The summed E-state index contributed by atoms with van der Waals surface area (Å²) in [6.45, 7) is 5.46. The highest BCUT2D eigenvalue weighted by molar-refractivity contribution is 7.98. The second-order valence-corrected chi connectivity index (χ2v) is 5.71. The monoisotopic (exact) mass is 264 g/mol. The average molecular weight is 264 g/mol. The van der Waals surface area contributed by atoms with E-state index in [-0.39, 0.29) is 12.1 Å². The Kier molecular flexibility index (Phi) is 4.30. The number of amides is 1. The van der Waals surface area contributed by atoms with Crippen LogP contribution in [-0.4, -0.2) is 35.9 Å². The van der Waals surface area contributed by atoms with Crippen molar-refractivity contribution in [2.24, 2.45) is 0 Å². The number of nitrogens with one attached hydrogen (secondary N) is 1. The summed E-state index contributed by atoms with van der Waals surface area (Å²) < 4.78 is 0. The summed E-state index contributed by atoms with van der Waals surface area (Å²) in [5.74, 6) is 1.18. The lowest BCUT2D eigenvalue weighted by atomic mass is 10.0. The van der Waals surface area contributed by atoms with E-state index in [1.807, 2.05) is 4.90 Å². The van der Waals surface area contributed by atoms with E-state index in [1.54, 1.807) is 11.8 Å². The predicted octanol–water partition coefficient (Wildman–Crippen LogP) is 2.10. The summed E-state index contributed by atoms with van der Waals surface area (Å²) in [5, 5.41) is 3.31. The molecule has 18 heavy (non-hydrogen) atoms. The molecule has 0 saturated carbocycles. The minimum absolute atomic E-state index is 0.0465. The first kappa shape index (κ1) is 13.4. The Bertz CT molecular complexity index is 447. The van der Waals surface area contributed by atoms with Crippen molar-refractivity contribution >= 4 is 17.7 Å². The number of aryl methyl sites for hydroxylation is 2. The van der Waals surface area contributed by atoms with E-state index in [1.165, 1.54) is 16.7 Å². The summed E-state index contributed by atoms with van der Waals surface area (Å²) in [6.07, 6.45) is 2.12. The number of rotatable bonds is 4. The lowest BCUT2D eigenvalue weighted by molar-refractivity contribution is -0.127. The van der Waals surface area contributed by atoms with Gasteiger partial charge in [0.25, 0.3) is 0 Å². The van der Waals surface area contributed by atoms with Gasteiger partial charge in [-0.2, -0.15) is 11.8 Å². The zero-order valence-corrected chi connectivity index (χ0v) is 12.0. The van der Waals surface area contributed by atoms with E-state index in [4.69, 9.17) is 0 Å². The van der Waals surface area contributed by atoms with Crippen LogP contribution in [0.25, 0.3) is 0 Å². The molecule has 2 rings (SSSR count). The molecule has 1 fully saturated rings. The number of hydrogen-bond donors (Lipinski definition) is 1. The average Bonchev–Trinajstić information content (AvgIpc) is 2.68. The van der Waals surface area contributed by atoms with Crippen molar-refractivity contribution in [1.82, 2.24) is 10.2 Å². The SMILES string of the molecule is CSCCN1C(=O)CNC1c1ccc(C)cc1C. The molecule has 1 atom stereocenters. The highest BCUT2D eigenvalue weighted by Crippen LogP contribution is 2.25. The fourth-order valence-corrected chi connectivity index (χ4v) is 2.77. The Morgan fingerprint density at radius 2 is 2.22 bits per heavy atom. The molecule has 1 heterocycles. The molecule has 0 radical (unpaired) electrons. The summed E-state index contributed by atoms with van der Waals surface area (Å²) >= 11 is 1.77. The predicted molar refractivity (Wildman–Crippen MR) is 76.8 cm³/mol. The molecule has 1 aromatic rings. The fraction of sp³-hybridized carbons (Fsp3) is 0.500. The Labute approximate surface area is 113 Å². The van der Waals surface area contributed by atoms with Crippen molar-refractivity contribution in [3.8, 4) is 0 Å². The first-order valence-electron chi connectivity index (χ1n) is 6.22. The van der Waals surface area contributed by atoms with Crippen LogP contribution < -0.4 is 5.32 Å². The van der Waals surface area contributed by atoms with Gasteiger partial charge in [-0.3, -0.25) is 10.1 Å². The van der Waals surface area contributed by atoms with Gasteiger partial charge in [-0.05, 0) is 31.2 Å². The third-order valence-electron chi connectivity index (χ3n) is 3.33. The quantitative estimate of drug-likeness (QED) is 0.904. The maximum absolute atomic E-state index is 11.9. The molecule has 0 bridgehead atoms. The van der Waals surface area contributed by atoms with Crippen LogP contribution in [0.1, 0.15) is 22.9 Å². The van der Waals surface area contributed by atoms with E-state index in [9.17, 15) is 4.79 Å². The smallest absolute Gasteiger partial charge is 0.238 e. The normalized spacial score (nSPS) is 19.6. The Balaban J connectivity index is 2.22. The van der Waals surface area contributed by atoms with Gasteiger partial charge >= 0.3 is 0 Å². The van der Waals surface area contributed by atoms with Gasteiger partial charge in [-0.15, -0.1) is 0 Å². The van der Waals surface area contributed by atoms with E-state index in [0.29, 0.717) is 6.54 Å². The van der Waals surface area contributed by atoms with Crippen molar-refractivity contribution < 1.29 is 4.79 Å². The number of benzene rings is 1. The van der Waals surface area contributed by atoms with Crippen LogP contribution in [-0.2, 0) is 4.79 Å². The fourth-order valence-electron chi connectivity index (χ4n) is 2.39. The molecule has 1 aliphatic heterocycles. The van der Waals surface area contributed by atoms with E-state index in [0.717, 1.165) is 12.3 Å². The van der Waals surface area contributed by atoms with Crippen molar-refractivity contribution in [1.29, 1.82) is 0 Å². The van der Waals surface area contributed by atoms with Gasteiger partial charge in [-0.25, -0.2) is 0 Å². The highest BCUT2D eigenvalue weighted by atomic mass is 32.2. The molecule has 98 valence electrons. The zero-order valence-electron chi connectivity index (χ0n) is 11.2. The van der Waals surface area contributed by atoms with E-state index in [2.05, 4.69) is 43.6 Å². The molecule has 0 aliphatic carbocycles. The van der Waals surface area contributed by atoms with Crippen LogP contribution in [0.2, 0.25) is 0 Å². The van der Waals surface area contributed by atoms with Crippen molar-refractivity contribution in [3.05, 3.63) is 34.9 Å². The molecule has 0 spiro atoms. The van der Waals surface area contributed by atoms with Gasteiger partial charge in [0.05, 0.1) is 6.54 Å². The van der Waals surface area contributed by atoms with Crippen LogP contribution in [0.4, 0.5) is 0 Å². The molecule has 1 aromatic carbocycles. The van der Waals surface area contributed by atoms with Crippen LogP contribution in [0.5, 0.6) is 0 Å². The summed E-state index contributed by atoms with van der Waals surface area (Å²) in [7, 11) is 0. The maximum atomic E-state index is 11.9. The third-order valence-corrected chi connectivity index (χ3v) is 3.93. The number of nitrogens with zero attached hydrogens (tertiary/aromatic N) is 1. The molecule has 1 saturated heterocycles. The van der Waals surface area contributed by atoms with Crippen LogP contribution in [0.3, 0.4) is 0 Å². The van der Waals surface area contributed by atoms with Crippen LogP contribution in [0, 0.1) is 13.8 Å². The lowest BCUT2D eigenvalue weighted by Crippen LogP contribution is -2.32. The number of thioether (sulfide) groups is 1. The van der Waals surface area contributed by atoms with Gasteiger partial charge in [0, 0.05) is 12.3 Å². The first-order chi connectivity index (χ1) is 8.63. The standard InChI is InChI=1S/C14H20N2OS/c1-10-4-5-12(11(2)8-10)14-15-9-13(17)16(14)6-7-18-3/h4-5,8,14-15H,6-7,9H2,1-3H3. The minimum atomic E-state index is 0.0465. The van der Waals surface area contributed by atoms with Gasteiger partial charge in [0.15, 0.2) is 0 Å². The molecule has 4 heteroatoms. The van der Waals surface area contributed by atoms with E-state index >= 15 is 0 Å². The Morgan fingerprint density at radius 3 is 2.89 bits per heavy atom. The van der Waals surface area contributed by atoms with E-state index < -0.39 is 0 Å². The minimum Gasteiger partial charge on any atom is -0.321 e. The number of hydrogen-bond acceptors (Lipinski definition) is 3. The lowest BCUT2D eigenvalue weighted by Gasteiger charge is -2.25. The molecule has 1 amide bonds.